The molecule has 2 rings (SSSR count). The fraction of sp³-hybridized carbons (Fsp3) is 0.182. The standard InChI is InChI=1S/C11H7Cl4N3O3/c12-6-4-5(7(13)9(15)8(6)14)11(21)18(10(4)20)2-1-3(19)17-16/h1-2,16H2,(H,17,19). The molecule has 0 fully saturated rings. The maximum atomic E-state index is 12.2. The van der Waals surface area contributed by atoms with Crippen LogP contribution >= 0.6 is 46.4 Å². The quantitative estimate of drug-likeness (QED) is 0.213. The summed E-state index contributed by atoms with van der Waals surface area (Å²) >= 11 is 23.6. The lowest BCUT2D eigenvalue weighted by Gasteiger charge is -2.12. The van der Waals surface area contributed by atoms with E-state index in [0.717, 1.165) is 4.90 Å². The molecule has 0 bridgehead atoms. The third-order valence-electron chi connectivity index (χ3n) is 2.91. The fourth-order valence-corrected chi connectivity index (χ4v) is 2.90. The average molecular weight is 371 g/mol. The summed E-state index contributed by atoms with van der Waals surface area (Å²) < 4.78 is 0. The number of carbonyl (C=O) groups excluding carboxylic acids is 3. The van der Waals surface area contributed by atoms with Gasteiger partial charge >= 0.3 is 0 Å². The molecule has 1 aromatic carbocycles. The lowest BCUT2D eigenvalue weighted by atomic mass is 10.1. The molecule has 0 unspecified atom stereocenters. The van der Waals surface area contributed by atoms with Gasteiger partial charge in [-0.05, 0) is 0 Å². The van der Waals surface area contributed by atoms with Gasteiger partial charge in [0.2, 0.25) is 5.91 Å². The van der Waals surface area contributed by atoms with E-state index in [0.29, 0.717) is 0 Å². The highest BCUT2D eigenvalue weighted by Crippen LogP contribution is 2.44. The van der Waals surface area contributed by atoms with Crippen LogP contribution in [-0.4, -0.2) is 29.2 Å². The van der Waals surface area contributed by atoms with Gasteiger partial charge in [-0.15, -0.1) is 0 Å². The van der Waals surface area contributed by atoms with E-state index in [1.807, 2.05) is 5.43 Å². The Kier molecular flexibility index (Phi) is 4.65. The molecule has 0 saturated carbocycles. The Balaban J connectivity index is 2.45. The summed E-state index contributed by atoms with van der Waals surface area (Å²) in [5.74, 6) is 3.03. The first-order valence-corrected chi connectivity index (χ1v) is 7.04. The Hall–Kier alpha value is -1.05. The van der Waals surface area contributed by atoms with Gasteiger partial charge in [0.1, 0.15) is 0 Å². The molecule has 0 radical (unpaired) electrons. The third kappa shape index (κ3) is 2.58. The molecule has 0 aliphatic carbocycles. The van der Waals surface area contributed by atoms with Crippen LogP contribution in [0, 0.1) is 0 Å². The molecule has 21 heavy (non-hydrogen) atoms. The van der Waals surface area contributed by atoms with Crippen molar-refractivity contribution < 1.29 is 14.4 Å². The van der Waals surface area contributed by atoms with Crippen LogP contribution in [0.4, 0.5) is 0 Å². The van der Waals surface area contributed by atoms with Crippen molar-refractivity contribution in [3.05, 3.63) is 31.2 Å². The van der Waals surface area contributed by atoms with Crippen molar-refractivity contribution in [2.24, 2.45) is 5.84 Å². The zero-order valence-corrected chi connectivity index (χ0v) is 13.2. The number of nitrogens with two attached hydrogens (primary N) is 1. The van der Waals surface area contributed by atoms with Crippen LogP contribution in [-0.2, 0) is 4.79 Å². The number of benzene rings is 1. The molecule has 112 valence electrons. The van der Waals surface area contributed by atoms with Crippen molar-refractivity contribution in [2.45, 2.75) is 6.42 Å². The van der Waals surface area contributed by atoms with E-state index in [4.69, 9.17) is 52.2 Å². The average Bonchev–Trinajstić information content (AvgIpc) is 2.71. The van der Waals surface area contributed by atoms with Gasteiger partial charge in [0.05, 0.1) is 31.2 Å². The molecule has 10 heteroatoms. The summed E-state index contributed by atoms with van der Waals surface area (Å²) in [6.07, 6.45) is -0.154. The maximum Gasteiger partial charge on any atom is 0.263 e. The Morgan fingerprint density at radius 2 is 1.38 bits per heavy atom. The minimum absolute atomic E-state index is 0.107. The molecule has 1 heterocycles. The number of imide groups is 1. The van der Waals surface area contributed by atoms with E-state index < -0.39 is 17.7 Å². The van der Waals surface area contributed by atoms with Crippen LogP contribution in [0.25, 0.3) is 0 Å². The Bertz CT molecular complexity index is 630. The molecule has 3 N–H and O–H groups in total. The second kappa shape index (κ2) is 5.98. The van der Waals surface area contributed by atoms with E-state index in [1.165, 1.54) is 0 Å². The van der Waals surface area contributed by atoms with Gasteiger partial charge < -0.3 is 0 Å². The zero-order valence-electron chi connectivity index (χ0n) is 10.2. The number of amides is 3. The predicted molar refractivity (Wildman–Crippen MR) is 78.8 cm³/mol. The third-order valence-corrected chi connectivity index (χ3v) is 4.71. The number of hydrazine groups is 1. The first-order valence-electron chi connectivity index (χ1n) is 5.52. The molecule has 0 saturated heterocycles. The lowest BCUT2D eigenvalue weighted by molar-refractivity contribution is -0.121. The maximum absolute atomic E-state index is 12.2. The highest BCUT2D eigenvalue weighted by molar-refractivity contribution is 6.55. The van der Waals surface area contributed by atoms with Crippen LogP contribution < -0.4 is 11.3 Å². The van der Waals surface area contributed by atoms with Gasteiger partial charge in [0.25, 0.3) is 11.8 Å². The minimum atomic E-state index is -0.690. The van der Waals surface area contributed by atoms with Gasteiger partial charge in [-0.3, -0.25) is 24.7 Å². The van der Waals surface area contributed by atoms with Gasteiger partial charge in [0.15, 0.2) is 0 Å². The highest BCUT2D eigenvalue weighted by atomic mass is 35.5. The van der Waals surface area contributed by atoms with Crippen molar-refractivity contribution in [1.82, 2.24) is 10.3 Å². The van der Waals surface area contributed by atoms with Crippen LogP contribution in [0.15, 0.2) is 0 Å². The molecule has 0 aromatic heterocycles. The summed E-state index contributed by atoms with van der Waals surface area (Å²) in [5.41, 5.74) is 1.67. The Morgan fingerprint density at radius 3 is 1.76 bits per heavy atom. The highest BCUT2D eigenvalue weighted by Gasteiger charge is 2.41. The SMILES string of the molecule is NNC(=O)CCN1C(=O)c2c(Cl)c(Cl)c(Cl)c(Cl)c2C1=O. The molecule has 6 nitrogen and oxygen atoms in total. The van der Waals surface area contributed by atoms with Crippen molar-refractivity contribution >= 4 is 64.1 Å². The number of nitrogens with zero attached hydrogens (tertiary/aromatic N) is 1. The molecule has 1 aliphatic rings. The second-order valence-corrected chi connectivity index (χ2v) is 5.60. The summed E-state index contributed by atoms with van der Waals surface area (Å²) in [6, 6.07) is 0. The Morgan fingerprint density at radius 1 is 0.952 bits per heavy atom. The lowest BCUT2D eigenvalue weighted by Crippen LogP contribution is -2.36. The topological polar surface area (TPSA) is 92.5 Å². The number of hydrogen-bond donors (Lipinski definition) is 2. The van der Waals surface area contributed by atoms with Crippen molar-refractivity contribution in [1.29, 1.82) is 0 Å². The van der Waals surface area contributed by atoms with Gasteiger partial charge in [-0.1, -0.05) is 46.4 Å². The van der Waals surface area contributed by atoms with Crippen LogP contribution in [0.1, 0.15) is 27.1 Å². The second-order valence-electron chi connectivity index (χ2n) is 4.09. The predicted octanol–water partition coefficient (Wildman–Crippen LogP) is 2.28. The van der Waals surface area contributed by atoms with Crippen LogP contribution in [0.3, 0.4) is 0 Å². The number of fused-ring (bicyclic) bond motifs is 1. The number of nitrogens with one attached hydrogen (secondary N) is 1. The van der Waals surface area contributed by atoms with Gasteiger partial charge in [-0.25, -0.2) is 5.84 Å². The molecule has 1 aliphatic heterocycles. The number of carbonyl (C=O) groups is 3. The molecule has 1 aromatic rings. The summed E-state index contributed by atoms with van der Waals surface area (Å²) in [5, 5.41) is -0.509. The van der Waals surface area contributed by atoms with Crippen molar-refractivity contribution in [3.63, 3.8) is 0 Å². The minimum Gasteiger partial charge on any atom is -0.294 e. The smallest absolute Gasteiger partial charge is 0.263 e. The van der Waals surface area contributed by atoms with Crippen molar-refractivity contribution in [2.75, 3.05) is 6.54 Å². The number of halogens is 4. The molecular weight excluding hydrogens is 364 g/mol. The normalized spacial score (nSPS) is 13.7. The van der Waals surface area contributed by atoms with Crippen LogP contribution in [0.2, 0.25) is 20.1 Å². The van der Waals surface area contributed by atoms with E-state index in [2.05, 4.69) is 0 Å². The first kappa shape index (κ1) is 16.3. The summed E-state index contributed by atoms with van der Waals surface area (Å²) in [6.45, 7) is -0.169. The molecule has 3 amide bonds. The fourth-order valence-electron chi connectivity index (χ4n) is 1.88. The molecular formula is C11H7Cl4N3O3. The van der Waals surface area contributed by atoms with E-state index in [9.17, 15) is 14.4 Å². The van der Waals surface area contributed by atoms with E-state index in [1.54, 1.807) is 0 Å². The first-order chi connectivity index (χ1) is 9.81. The van der Waals surface area contributed by atoms with E-state index >= 15 is 0 Å². The Labute approximate surface area is 139 Å². The van der Waals surface area contributed by atoms with Gasteiger partial charge in [0, 0.05) is 13.0 Å². The van der Waals surface area contributed by atoms with Crippen molar-refractivity contribution in [3.8, 4) is 0 Å². The molecule has 0 atom stereocenters. The number of hydrogen-bond acceptors (Lipinski definition) is 4. The summed E-state index contributed by atoms with van der Waals surface area (Å²) in [4.78, 5) is 36.4. The molecule has 0 spiro atoms. The monoisotopic (exact) mass is 369 g/mol. The largest absolute Gasteiger partial charge is 0.294 e. The zero-order chi connectivity index (χ0) is 15.9. The number of rotatable bonds is 3. The summed E-state index contributed by atoms with van der Waals surface area (Å²) in [7, 11) is 0. The van der Waals surface area contributed by atoms with E-state index in [-0.39, 0.29) is 44.2 Å². The van der Waals surface area contributed by atoms with Crippen LogP contribution in [0.5, 0.6) is 0 Å². The van der Waals surface area contributed by atoms with Gasteiger partial charge in [-0.2, -0.15) is 0 Å².